The summed E-state index contributed by atoms with van der Waals surface area (Å²) in [6.45, 7) is 1.74. The third kappa shape index (κ3) is 3.98. The fourth-order valence-electron chi connectivity index (χ4n) is 2.42. The van der Waals surface area contributed by atoms with Crippen LogP contribution in [0.15, 0.2) is 60.0 Å². The molecule has 0 aliphatic carbocycles. The first-order valence-electron chi connectivity index (χ1n) is 8.02. The number of carbonyl (C=O) groups is 1. The van der Waals surface area contributed by atoms with E-state index in [9.17, 15) is 13.2 Å². The molecule has 3 rings (SSSR count). The Morgan fingerprint density at radius 3 is 2.44 bits per heavy atom. The highest BCUT2D eigenvalue weighted by molar-refractivity contribution is 7.91. The van der Waals surface area contributed by atoms with Crippen LogP contribution in [0, 0.1) is 6.92 Å². The smallest absolute Gasteiger partial charge is 0.254 e. The zero-order valence-corrected chi connectivity index (χ0v) is 15.5. The monoisotopic (exact) mass is 386 g/mol. The number of aromatic nitrogens is 3. The van der Waals surface area contributed by atoms with Gasteiger partial charge in [0.15, 0.2) is 5.37 Å². The minimum atomic E-state index is -3.98. The number of aromatic amines is 1. The molecular weight excluding hydrogens is 368 g/mol. The summed E-state index contributed by atoms with van der Waals surface area (Å²) in [6, 6.07) is 7.47. The minimum absolute atomic E-state index is 0.0324. The van der Waals surface area contributed by atoms with Gasteiger partial charge in [0, 0.05) is 18.6 Å². The molecule has 2 heterocycles. The molecule has 2 aromatic heterocycles. The van der Waals surface area contributed by atoms with E-state index in [0.717, 1.165) is 0 Å². The molecule has 0 aliphatic heterocycles. The van der Waals surface area contributed by atoms with Crippen LogP contribution >= 0.6 is 0 Å². The average Bonchev–Trinajstić information content (AvgIpc) is 3.21. The van der Waals surface area contributed by atoms with Crippen molar-refractivity contribution in [3.63, 3.8) is 0 Å². The quantitative estimate of drug-likeness (QED) is 0.670. The normalized spacial score (nSPS) is 12.4. The average molecular weight is 386 g/mol. The molecule has 140 valence electrons. The Hall–Kier alpha value is -3.20. The van der Waals surface area contributed by atoms with E-state index >= 15 is 0 Å². The topological polar surface area (TPSA) is 114 Å². The first-order valence-corrected chi connectivity index (χ1v) is 9.56. The van der Waals surface area contributed by atoms with Crippen LogP contribution in [0.5, 0.6) is 5.75 Å². The lowest BCUT2D eigenvalue weighted by Gasteiger charge is -2.19. The van der Waals surface area contributed by atoms with Crippen molar-refractivity contribution in [2.45, 2.75) is 17.2 Å². The molecule has 0 fully saturated rings. The second kappa shape index (κ2) is 7.58. The van der Waals surface area contributed by atoms with Gasteiger partial charge >= 0.3 is 0 Å². The molecule has 1 aromatic carbocycles. The number of nitrogens with zero attached hydrogens (tertiary/aromatic N) is 2. The summed E-state index contributed by atoms with van der Waals surface area (Å²) < 4.78 is 31.4. The lowest BCUT2D eigenvalue weighted by atomic mass is 10.3. The Labute approximate surface area is 156 Å². The third-order valence-electron chi connectivity index (χ3n) is 3.89. The molecule has 0 spiro atoms. The fourth-order valence-corrected chi connectivity index (χ4v) is 3.91. The van der Waals surface area contributed by atoms with Crippen molar-refractivity contribution in [1.29, 1.82) is 0 Å². The summed E-state index contributed by atoms with van der Waals surface area (Å²) in [4.78, 5) is 23.5. The molecule has 0 aliphatic rings. The van der Waals surface area contributed by atoms with Gasteiger partial charge in [-0.25, -0.2) is 8.42 Å². The van der Waals surface area contributed by atoms with Crippen LogP contribution in [0.25, 0.3) is 0 Å². The SMILES string of the molecule is COc1ccc(S(=O)(=O)C(NC(=O)c2cc[nH]c2)c2cnc(C)cn2)cc1. The number of sulfone groups is 1. The number of ether oxygens (including phenoxy) is 1. The maximum atomic E-state index is 13.2. The summed E-state index contributed by atoms with van der Waals surface area (Å²) in [5.74, 6) is -0.0160. The highest BCUT2D eigenvalue weighted by Gasteiger charge is 2.32. The number of benzene rings is 1. The van der Waals surface area contributed by atoms with Crippen molar-refractivity contribution in [3.8, 4) is 5.75 Å². The van der Waals surface area contributed by atoms with Crippen molar-refractivity contribution in [1.82, 2.24) is 20.3 Å². The van der Waals surface area contributed by atoms with Gasteiger partial charge in [0.05, 0.1) is 35.2 Å². The summed E-state index contributed by atoms with van der Waals surface area (Å²) in [6.07, 6.45) is 5.85. The maximum Gasteiger partial charge on any atom is 0.254 e. The van der Waals surface area contributed by atoms with Crippen LogP contribution < -0.4 is 10.1 Å². The number of hydrogen-bond donors (Lipinski definition) is 2. The molecule has 8 nitrogen and oxygen atoms in total. The molecule has 2 N–H and O–H groups in total. The van der Waals surface area contributed by atoms with Gasteiger partial charge in [0.25, 0.3) is 5.91 Å². The molecule has 1 unspecified atom stereocenters. The van der Waals surface area contributed by atoms with E-state index < -0.39 is 21.1 Å². The van der Waals surface area contributed by atoms with Crippen LogP contribution in [0.4, 0.5) is 0 Å². The summed E-state index contributed by atoms with van der Waals surface area (Å²) >= 11 is 0. The number of nitrogens with one attached hydrogen (secondary N) is 2. The molecular formula is C18H18N4O4S. The van der Waals surface area contributed by atoms with E-state index in [-0.39, 0.29) is 10.6 Å². The lowest BCUT2D eigenvalue weighted by Crippen LogP contribution is -2.34. The van der Waals surface area contributed by atoms with Gasteiger partial charge in [0.2, 0.25) is 9.84 Å². The maximum absolute atomic E-state index is 13.2. The van der Waals surface area contributed by atoms with E-state index in [1.807, 2.05) is 0 Å². The van der Waals surface area contributed by atoms with E-state index in [4.69, 9.17) is 4.74 Å². The van der Waals surface area contributed by atoms with Gasteiger partial charge in [0.1, 0.15) is 5.75 Å². The van der Waals surface area contributed by atoms with Gasteiger partial charge in [-0.1, -0.05) is 0 Å². The second-order valence-corrected chi connectivity index (χ2v) is 7.79. The summed E-state index contributed by atoms with van der Waals surface area (Å²) in [5, 5.41) is 1.15. The number of aryl methyl sites for hydroxylation is 1. The number of rotatable bonds is 6. The molecule has 0 saturated heterocycles. The molecule has 27 heavy (non-hydrogen) atoms. The van der Waals surface area contributed by atoms with Crippen molar-refractivity contribution in [2.24, 2.45) is 0 Å². The van der Waals surface area contributed by atoms with E-state index in [1.54, 1.807) is 31.3 Å². The van der Waals surface area contributed by atoms with Crippen LogP contribution in [0.1, 0.15) is 27.1 Å². The number of amides is 1. The van der Waals surface area contributed by atoms with Gasteiger partial charge in [-0.05, 0) is 37.3 Å². The van der Waals surface area contributed by atoms with E-state index in [2.05, 4.69) is 20.3 Å². The summed E-state index contributed by atoms with van der Waals surface area (Å²) in [5.41, 5.74) is 1.07. The van der Waals surface area contributed by atoms with Gasteiger partial charge in [-0.15, -0.1) is 0 Å². The standard InChI is InChI=1S/C18H18N4O4S/c1-12-9-21-16(11-20-12)18(22-17(23)13-7-8-19-10-13)27(24,25)15-5-3-14(26-2)4-6-15/h3-11,18-19H,1-2H3,(H,22,23). The molecule has 0 saturated carbocycles. The van der Waals surface area contributed by atoms with Crippen LogP contribution in [0.2, 0.25) is 0 Å². The molecule has 3 aromatic rings. The minimum Gasteiger partial charge on any atom is -0.497 e. The zero-order valence-electron chi connectivity index (χ0n) is 14.7. The first kappa shape index (κ1) is 18.6. The number of H-pyrrole nitrogens is 1. The van der Waals surface area contributed by atoms with Crippen molar-refractivity contribution in [3.05, 3.63) is 72.1 Å². The van der Waals surface area contributed by atoms with E-state index in [1.165, 1.54) is 37.8 Å². The highest BCUT2D eigenvalue weighted by Crippen LogP contribution is 2.27. The van der Waals surface area contributed by atoms with Gasteiger partial charge < -0.3 is 15.0 Å². The molecule has 1 atom stereocenters. The van der Waals surface area contributed by atoms with Crippen molar-refractivity contribution in [2.75, 3.05) is 7.11 Å². The Morgan fingerprint density at radius 2 is 1.89 bits per heavy atom. The van der Waals surface area contributed by atoms with Crippen LogP contribution in [-0.2, 0) is 9.84 Å². The Kier molecular flexibility index (Phi) is 5.22. The van der Waals surface area contributed by atoms with Crippen LogP contribution in [0.3, 0.4) is 0 Å². The molecule has 0 bridgehead atoms. The predicted molar refractivity (Wildman–Crippen MR) is 97.9 cm³/mol. The molecule has 0 radical (unpaired) electrons. The zero-order chi connectivity index (χ0) is 19.4. The third-order valence-corrected chi connectivity index (χ3v) is 5.80. The van der Waals surface area contributed by atoms with Gasteiger partial charge in [-0.2, -0.15) is 0 Å². The highest BCUT2D eigenvalue weighted by atomic mass is 32.2. The van der Waals surface area contributed by atoms with Crippen molar-refractivity contribution >= 4 is 15.7 Å². The number of methoxy groups -OCH3 is 1. The largest absolute Gasteiger partial charge is 0.497 e. The Bertz CT molecular complexity index is 1010. The molecule has 1 amide bonds. The fraction of sp³-hybridized carbons (Fsp3) is 0.167. The predicted octanol–water partition coefficient (Wildman–Crippen LogP) is 2.02. The van der Waals surface area contributed by atoms with Gasteiger partial charge in [-0.3, -0.25) is 14.8 Å². The first-order chi connectivity index (χ1) is 12.9. The number of carbonyl (C=O) groups excluding carboxylic acids is 1. The molecule has 9 heteroatoms. The Balaban J connectivity index is 2.01. The Morgan fingerprint density at radius 1 is 1.15 bits per heavy atom. The van der Waals surface area contributed by atoms with Crippen LogP contribution in [-0.4, -0.2) is 36.4 Å². The number of hydrogen-bond acceptors (Lipinski definition) is 6. The summed E-state index contributed by atoms with van der Waals surface area (Å²) in [7, 11) is -2.49. The van der Waals surface area contributed by atoms with Crippen molar-refractivity contribution < 1.29 is 17.9 Å². The lowest BCUT2D eigenvalue weighted by molar-refractivity contribution is 0.0947. The van der Waals surface area contributed by atoms with E-state index in [0.29, 0.717) is 17.0 Å². The second-order valence-electron chi connectivity index (χ2n) is 5.76.